The topological polar surface area (TPSA) is 88.2 Å². The highest BCUT2D eigenvalue weighted by atomic mass is 16.5. The molecule has 1 amide bonds. The number of nitrogens with one attached hydrogen (secondary N) is 2. The third-order valence-electron chi connectivity index (χ3n) is 4.74. The first-order valence-electron chi connectivity index (χ1n) is 9.27. The molecule has 1 aromatic carbocycles. The van der Waals surface area contributed by atoms with Crippen LogP contribution < -0.4 is 10.3 Å². The molecule has 2 aromatic rings. The Bertz CT molecular complexity index is 833. The molecule has 3 N–H and O–H groups in total. The zero-order valence-corrected chi connectivity index (χ0v) is 15.7. The van der Waals surface area contributed by atoms with E-state index in [1.807, 2.05) is 24.3 Å². The molecule has 146 valence electrons. The first-order valence-corrected chi connectivity index (χ1v) is 9.27. The minimum absolute atomic E-state index is 0.143. The summed E-state index contributed by atoms with van der Waals surface area (Å²) in [6.07, 6.45) is 7.11. The number of benzene rings is 1. The smallest absolute Gasteiger partial charge is 0.303 e. The van der Waals surface area contributed by atoms with Gasteiger partial charge in [0.25, 0.3) is 0 Å². The van der Waals surface area contributed by atoms with E-state index < -0.39 is 6.04 Å². The fourth-order valence-corrected chi connectivity index (χ4v) is 3.32. The lowest BCUT2D eigenvalue weighted by Crippen LogP contribution is -3.15. The van der Waals surface area contributed by atoms with Crippen molar-refractivity contribution in [2.24, 2.45) is 5.10 Å². The molecule has 1 atom stereocenters. The number of carbonyl (C=O) groups is 1. The normalized spacial score (nSPS) is 16.0. The Morgan fingerprint density at radius 3 is 2.79 bits per heavy atom. The van der Waals surface area contributed by atoms with Gasteiger partial charge < -0.3 is 14.7 Å². The third-order valence-corrected chi connectivity index (χ3v) is 4.74. The molecule has 1 aromatic heterocycles. The van der Waals surface area contributed by atoms with Crippen LogP contribution in [-0.2, 0) is 16.0 Å². The molecule has 0 radical (unpaired) electrons. The Morgan fingerprint density at radius 1 is 1.32 bits per heavy atom. The van der Waals surface area contributed by atoms with E-state index in [2.05, 4.69) is 22.1 Å². The Labute approximate surface area is 164 Å². The molecule has 3 rings (SSSR count). The quantitative estimate of drug-likeness (QED) is 0.373. The van der Waals surface area contributed by atoms with Crippen molar-refractivity contribution in [3.05, 3.63) is 72.1 Å². The van der Waals surface area contributed by atoms with Crippen molar-refractivity contribution in [1.29, 1.82) is 0 Å². The summed E-state index contributed by atoms with van der Waals surface area (Å²) >= 11 is 0. The number of carbonyl (C=O) groups excluding carboxylic acids is 1. The number of aromatic hydroxyl groups is 1. The van der Waals surface area contributed by atoms with Crippen molar-refractivity contribution in [3.63, 3.8) is 0 Å². The number of hydrogen-bond acceptors (Lipinski definition) is 5. The Kier molecular flexibility index (Phi) is 6.89. The zero-order chi connectivity index (χ0) is 19.8. The summed E-state index contributed by atoms with van der Waals surface area (Å²) in [4.78, 5) is 18.1. The van der Waals surface area contributed by atoms with E-state index >= 15 is 0 Å². The number of aromatic nitrogens is 1. The number of allylic oxidation sites excluding steroid dienone is 1. The van der Waals surface area contributed by atoms with E-state index in [0.717, 1.165) is 29.1 Å². The van der Waals surface area contributed by atoms with Gasteiger partial charge in [0.1, 0.15) is 18.8 Å². The first-order chi connectivity index (χ1) is 13.7. The molecule has 1 saturated heterocycles. The van der Waals surface area contributed by atoms with Crippen molar-refractivity contribution in [2.45, 2.75) is 12.5 Å². The van der Waals surface area contributed by atoms with Crippen LogP contribution in [0.25, 0.3) is 0 Å². The van der Waals surface area contributed by atoms with Crippen molar-refractivity contribution in [1.82, 2.24) is 10.4 Å². The second kappa shape index (κ2) is 9.77. The van der Waals surface area contributed by atoms with E-state index in [1.54, 1.807) is 24.5 Å². The number of rotatable bonds is 7. The van der Waals surface area contributed by atoms with Crippen LogP contribution in [-0.4, -0.2) is 48.5 Å². The van der Waals surface area contributed by atoms with E-state index in [-0.39, 0.29) is 11.7 Å². The molecule has 0 aliphatic carbocycles. The molecule has 2 heterocycles. The summed E-state index contributed by atoms with van der Waals surface area (Å²) in [7, 11) is 0. The van der Waals surface area contributed by atoms with Crippen LogP contribution >= 0.6 is 0 Å². The molecule has 7 heteroatoms. The lowest BCUT2D eigenvalue weighted by atomic mass is 10.1. The molecule has 7 nitrogen and oxygen atoms in total. The summed E-state index contributed by atoms with van der Waals surface area (Å²) < 4.78 is 5.42. The fourth-order valence-electron chi connectivity index (χ4n) is 3.32. The molecule has 0 spiro atoms. The Morgan fingerprint density at radius 2 is 2.07 bits per heavy atom. The molecule has 0 saturated carbocycles. The number of phenolic OH excluding ortho intramolecular Hbond substituents is 1. The summed E-state index contributed by atoms with van der Waals surface area (Å²) in [5, 5.41) is 14.4. The highest BCUT2D eigenvalue weighted by Crippen LogP contribution is 2.21. The predicted molar refractivity (Wildman–Crippen MR) is 106 cm³/mol. The second-order valence-electron chi connectivity index (χ2n) is 6.57. The number of quaternary nitrogens is 1. The number of para-hydroxylation sites is 1. The monoisotopic (exact) mass is 381 g/mol. The van der Waals surface area contributed by atoms with Crippen molar-refractivity contribution >= 4 is 12.1 Å². The lowest BCUT2D eigenvalue weighted by molar-refractivity contribution is -0.929. The number of ether oxygens (including phenoxy) is 1. The summed E-state index contributed by atoms with van der Waals surface area (Å²) in [6, 6.07) is 8.70. The molecule has 28 heavy (non-hydrogen) atoms. The van der Waals surface area contributed by atoms with Crippen LogP contribution in [0.4, 0.5) is 0 Å². The van der Waals surface area contributed by atoms with Crippen LogP contribution in [0.3, 0.4) is 0 Å². The van der Waals surface area contributed by atoms with Gasteiger partial charge in [0.05, 0.1) is 19.4 Å². The standard InChI is InChI=1S/C21H24N4O3/c1-2-4-17-5-3-6-18(20(17)26)15-23-24-21(27)19(16-7-9-22-10-8-16)25-11-13-28-14-12-25/h2-3,5-10,15,19,26H,1,4,11-14H2,(H,24,27)/p+1/b23-15+/t19-/m0/s1. The molecular weight excluding hydrogens is 356 g/mol. The van der Waals surface area contributed by atoms with Crippen LogP contribution in [0, 0.1) is 0 Å². The molecule has 1 fully saturated rings. The maximum absolute atomic E-state index is 12.9. The zero-order valence-electron chi connectivity index (χ0n) is 15.7. The molecule has 1 aliphatic heterocycles. The van der Waals surface area contributed by atoms with Gasteiger partial charge in [-0.2, -0.15) is 5.10 Å². The van der Waals surface area contributed by atoms with Gasteiger partial charge in [-0.15, -0.1) is 6.58 Å². The van der Waals surface area contributed by atoms with Crippen LogP contribution in [0.2, 0.25) is 0 Å². The van der Waals surface area contributed by atoms with Crippen LogP contribution in [0.15, 0.2) is 60.5 Å². The van der Waals surface area contributed by atoms with E-state index in [9.17, 15) is 9.90 Å². The minimum Gasteiger partial charge on any atom is -0.507 e. The summed E-state index contributed by atoms with van der Waals surface area (Å²) in [5.74, 6) is -0.0639. The Hall–Kier alpha value is -3.03. The van der Waals surface area contributed by atoms with Gasteiger partial charge in [-0.05, 0) is 30.2 Å². The second-order valence-corrected chi connectivity index (χ2v) is 6.57. The molecule has 0 bridgehead atoms. The minimum atomic E-state index is -0.398. The number of morpholine rings is 1. The van der Waals surface area contributed by atoms with E-state index in [0.29, 0.717) is 25.2 Å². The van der Waals surface area contributed by atoms with Gasteiger partial charge in [-0.1, -0.05) is 18.2 Å². The summed E-state index contributed by atoms with van der Waals surface area (Å²) in [5.41, 5.74) is 4.81. The van der Waals surface area contributed by atoms with Gasteiger partial charge in [-0.25, -0.2) is 5.43 Å². The average Bonchev–Trinajstić information content (AvgIpc) is 2.73. The van der Waals surface area contributed by atoms with Gasteiger partial charge in [0.15, 0.2) is 6.04 Å². The van der Waals surface area contributed by atoms with Crippen LogP contribution in [0.5, 0.6) is 5.75 Å². The highest BCUT2D eigenvalue weighted by molar-refractivity contribution is 5.87. The lowest BCUT2D eigenvalue weighted by Gasteiger charge is -2.30. The average molecular weight is 381 g/mol. The highest BCUT2D eigenvalue weighted by Gasteiger charge is 2.32. The van der Waals surface area contributed by atoms with Gasteiger partial charge in [0.2, 0.25) is 0 Å². The number of hydrogen-bond donors (Lipinski definition) is 3. The first kappa shape index (κ1) is 19.7. The maximum atomic E-state index is 12.9. The number of nitrogens with zero attached hydrogens (tertiary/aromatic N) is 2. The van der Waals surface area contributed by atoms with E-state index in [1.165, 1.54) is 6.21 Å². The number of hydrazone groups is 1. The molecule has 0 unspecified atom stereocenters. The Balaban J connectivity index is 1.74. The number of amides is 1. The van der Waals surface area contributed by atoms with Crippen molar-refractivity contribution in [3.8, 4) is 5.75 Å². The predicted octanol–water partition coefficient (Wildman–Crippen LogP) is 0.622. The van der Waals surface area contributed by atoms with Crippen molar-refractivity contribution in [2.75, 3.05) is 26.3 Å². The molecular formula is C21H25N4O3+. The fraction of sp³-hybridized carbons (Fsp3) is 0.286. The van der Waals surface area contributed by atoms with Gasteiger partial charge >= 0.3 is 5.91 Å². The SMILES string of the molecule is C=CCc1cccc(/C=N/NC(=O)[C@H](c2ccncc2)[NH+]2CCOCC2)c1O. The van der Waals surface area contributed by atoms with Crippen LogP contribution in [0.1, 0.15) is 22.7 Å². The molecule has 1 aliphatic rings. The van der Waals surface area contributed by atoms with E-state index in [4.69, 9.17) is 4.74 Å². The third kappa shape index (κ3) is 4.82. The number of pyridine rings is 1. The van der Waals surface area contributed by atoms with Gasteiger partial charge in [0, 0.05) is 23.5 Å². The maximum Gasteiger partial charge on any atom is 0.303 e. The number of phenols is 1. The van der Waals surface area contributed by atoms with Crippen molar-refractivity contribution < 1.29 is 19.5 Å². The summed E-state index contributed by atoms with van der Waals surface area (Å²) in [6.45, 7) is 6.42. The largest absolute Gasteiger partial charge is 0.507 e. The van der Waals surface area contributed by atoms with Gasteiger partial charge in [-0.3, -0.25) is 9.78 Å².